The van der Waals surface area contributed by atoms with Crippen molar-refractivity contribution in [2.75, 3.05) is 0 Å². The van der Waals surface area contributed by atoms with Crippen molar-refractivity contribution < 1.29 is 9.18 Å². The van der Waals surface area contributed by atoms with Crippen LogP contribution in [0.4, 0.5) is 4.39 Å². The van der Waals surface area contributed by atoms with Gasteiger partial charge in [0.15, 0.2) is 5.78 Å². The Bertz CT molecular complexity index is 832. The Morgan fingerprint density at radius 1 is 1.10 bits per heavy atom. The molecule has 3 rings (SSSR count). The average Bonchev–Trinajstić information content (AvgIpc) is 2.49. The molecule has 0 bridgehead atoms. The van der Waals surface area contributed by atoms with E-state index in [1.165, 1.54) is 18.2 Å². The molecular formula is C17H11BrFNO. The first kappa shape index (κ1) is 13.9. The third-order valence-corrected chi connectivity index (χ3v) is 3.92. The van der Waals surface area contributed by atoms with Gasteiger partial charge in [0.05, 0.1) is 11.9 Å². The van der Waals surface area contributed by atoms with Crippen LogP contribution in [0.15, 0.2) is 59.1 Å². The molecule has 2 nitrogen and oxygen atoms in total. The molecule has 0 unspecified atom stereocenters. The van der Waals surface area contributed by atoms with Crippen LogP contribution < -0.4 is 0 Å². The van der Waals surface area contributed by atoms with Gasteiger partial charge in [-0.3, -0.25) is 9.78 Å². The minimum absolute atomic E-state index is 0.146. The second kappa shape index (κ2) is 5.74. The predicted octanol–water partition coefficient (Wildman–Crippen LogP) is 4.56. The van der Waals surface area contributed by atoms with E-state index >= 15 is 0 Å². The Balaban J connectivity index is 1.90. The smallest absolute Gasteiger partial charge is 0.170 e. The van der Waals surface area contributed by atoms with Crippen LogP contribution in [0, 0.1) is 5.82 Å². The van der Waals surface area contributed by atoms with E-state index < -0.39 is 5.82 Å². The number of carbonyl (C=O) groups excluding carboxylic acids is 1. The molecular weight excluding hydrogens is 333 g/mol. The highest BCUT2D eigenvalue weighted by Gasteiger charge is 2.13. The van der Waals surface area contributed by atoms with Gasteiger partial charge in [-0.2, -0.15) is 0 Å². The summed E-state index contributed by atoms with van der Waals surface area (Å²) in [5.41, 5.74) is 1.86. The van der Waals surface area contributed by atoms with Crippen LogP contribution in [0.3, 0.4) is 0 Å². The maximum Gasteiger partial charge on any atom is 0.170 e. The third-order valence-electron chi connectivity index (χ3n) is 3.23. The number of benzene rings is 2. The molecule has 2 aromatic carbocycles. The fraction of sp³-hybridized carbons (Fsp3) is 0.0588. The molecule has 0 spiro atoms. The van der Waals surface area contributed by atoms with E-state index in [-0.39, 0.29) is 12.2 Å². The highest BCUT2D eigenvalue weighted by atomic mass is 79.9. The number of aromatic nitrogens is 1. The number of Topliss-reactive ketones (excluding diaryl/α,β-unsaturated/α-hetero) is 1. The number of hydrogen-bond donors (Lipinski definition) is 0. The van der Waals surface area contributed by atoms with E-state index in [9.17, 15) is 9.18 Å². The number of nitrogens with zero attached hydrogens (tertiary/aromatic N) is 1. The maximum absolute atomic E-state index is 13.3. The molecule has 0 amide bonds. The Labute approximate surface area is 129 Å². The molecule has 0 aliphatic rings. The van der Waals surface area contributed by atoms with Crippen molar-refractivity contribution in [3.05, 3.63) is 76.1 Å². The molecule has 0 fully saturated rings. The van der Waals surface area contributed by atoms with E-state index in [1.807, 2.05) is 36.4 Å². The van der Waals surface area contributed by atoms with Crippen molar-refractivity contribution in [1.29, 1.82) is 0 Å². The van der Waals surface area contributed by atoms with Crippen LogP contribution in [0.25, 0.3) is 10.9 Å². The monoisotopic (exact) mass is 343 g/mol. The lowest BCUT2D eigenvalue weighted by Gasteiger charge is -2.05. The highest BCUT2D eigenvalue weighted by Crippen LogP contribution is 2.20. The second-order valence-electron chi connectivity index (χ2n) is 4.72. The Kier molecular flexibility index (Phi) is 3.80. The summed E-state index contributed by atoms with van der Waals surface area (Å²) in [6.45, 7) is 0. The molecule has 0 aliphatic carbocycles. The number of pyridine rings is 1. The number of fused-ring (bicyclic) bond motifs is 1. The zero-order chi connectivity index (χ0) is 14.8. The van der Waals surface area contributed by atoms with Crippen LogP contribution >= 0.6 is 15.9 Å². The number of para-hydroxylation sites is 1. The molecule has 0 atom stereocenters. The minimum atomic E-state index is -0.423. The fourth-order valence-corrected chi connectivity index (χ4v) is 2.65. The third kappa shape index (κ3) is 3.00. The van der Waals surface area contributed by atoms with Gasteiger partial charge in [0.2, 0.25) is 0 Å². The Hall–Kier alpha value is -2.07. The van der Waals surface area contributed by atoms with Crippen LogP contribution in [0.5, 0.6) is 0 Å². The topological polar surface area (TPSA) is 30.0 Å². The summed E-state index contributed by atoms with van der Waals surface area (Å²) >= 11 is 3.28. The van der Waals surface area contributed by atoms with Crippen molar-refractivity contribution in [3.63, 3.8) is 0 Å². The number of hydrogen-bond acceptors (Lipinski definition) is 2. The first-order valence-corrected chi connectivity index (χ1v) is 7.26. The molecule has 104 valence electrons. The van der Waals surface area contributed by atoms with E-state index in [0.29, 0.717) is 15.7 Å². The predicted molar refractivity (Wildman–Crippen MR) is 83.9 cm³/mol. The van der Waals surface area contributed by atoms with E-state index in [4.69, 9.17) is 0 Å². The van der Waals surface area contributed by atoms with Crippen LogP contribution in [-0.4, -0.2) is 10.8 Å². The molecule has 0 saturated carbocycles. The second-order valence-corrected chi connectivity index (χ2v) is 5.57. The van der Waals surface area contributed by atoms with E-state index in [0.717, 1.165) is 10.9 Å². The lowest BCUT2D eigenvalue weighted by molar-refractivity contribution is 0.0991. The number of rotatable bonds is 3. The number of ketones is 1. The Morgan fingerprint density at radius 2 is 1.90 bits per heavy atom. The van der Waals surface area contributed by atoms with Crippen molar-refractivity contribution in [3.8, 4) is 0 Å². The largest absolute Gasteiger partial charge is 0.294 e. The standard InChI is InChI=1S/C17H11BrFNO/c18-15-8-6-12(19)9-14(15)17(21)10-13-7-5-11-3-1-2-4-16(11)20-13/h1-9H,10H2. The van der Waals surface area contributed by atoms with Gasteiger partial charge in [-0.1, -0.05) is 40.2 Å². The van der Waals surface area contributed by atoms with Crippen molar-refractivity contribution >= 4 is 32.6 Å². The first-order valence-electron chi connectivity index (χ1n) is 6.46. The van der Waals surface area contributed by atoms with Gasteiger partial charge in [0, 0.05) is 21.1 Å². The van der Waals surface area contributed by atoms with Gasteiger partial charge < -0.3 is 0 Å². The molecule has 0 aliphatic heterocycles. The molecule has 0 N–H and O–H groups in total. The summed E-state index contributed by atoms with van der Waals surface area (Å²) in [7, 11) is 0. The van der Waals surface area contributed by atoms with Crippen molar-refractivity contribution in [1.82, 2.24) is 4.98 Å². The van der Waals surface area contributed by atoms with Crippen molar-refractivity contribution in [2.24, 2.45) is 0 Å². The Morgan fingerprint density at radius 3 is 2.76 bits per heavy atom. The van der Waals surface area contributed by atoms with Gasteiger partial charge in [-0.25, -0.2) is 4.39 Å². The summed E-state index contributed by atoms with van der Waals surface area (Å²) in [6, 6.07) is 15.6. The fourth-order valence-electron chi connectivity index (χ4n) is 2.18. The summed E-state index contributed by atoms with van der Waals surface area (Å²) in [4.78, 5) is 16.7. The number of carbonyl (C=O) groups is 1. The SMILES string of the molecule is O=C(Cc1ccc2ccccc2n1)c1cc(F)ccc1Br. The molecule has 3 aromatic rings. The van der Waals surface area contributed by atoms with Gasteiger partial charge in [0.25, 0.3) is 0 Å². The first-order chi connectivity index (χ1) is 10.1. The van der Waals surface area contributed by atoms with Gasteiger partial charge in [0.1, 0.15) is 5.82 Å². The average molecular weight is 344 g/mol. The van der Waals surface area contributed by atoms with E-state index in [1.54, 1.807) is 0 Å². The van der Waals surface area contributed by atoms with E-state index in [2.05, 4.69) is 20.9 Å². The zero-order valence-corrected chi connectivity index (χ0v) is 12.6. The summed E-state index contributed by atoms with van der Waals surface area (Å²) in [5, 5.41) is 1.03. The molecule has 21 heavy (non-hydrogen) atoms. The van der Waals surface area contributed by atoms with Crippen LogP contribution in [0.2, 0.25) is 0 Å². The molecule has 1 heterocycles. The summed E-state index contributed by atoms with van der Waals surface area (Å²) < 4.78 is 13.9. The van der Waals surface area contributed by atoms with Gasteiger partial charge in [-0.15, -0.1) is 0 Å². The summed E-state index contributed by atoms with van der Waals surface area (Å²) in [6.07, 6.45) is 0.146. The lowest BCUT2D eigenvalue weighted by atomic mass is 10.1. The number of halogens is 2. The van der Waals surface area contributed by atoms with Gasteiger partial charge >= 0.3 is 0 Å². The molecule has 0 radical (unpaired) electrons. The van der Waals surface area contributed by atoms with Crippen LogP contribution in [-0.2, 0) is 6.42 Å². The zero-order valence-electron chi connectivity index (χ0n) is 11.0. The quantitative estimate of drug-likeness (QED) is 0.652. The van der Waals surface area contributed by atoms with Crippen LogP contribution in [0.1, 0.15) is 16.1 Å². The lowest BCUT2D eigenvalue weighted by Crippen LogP contribution is -2.06. The van der Waals surface area contributed by atoms with Gasteiger partial charge in [-0.05, 0) is 30.3 Å². The molecule has 0 saturated heterocycles. The molecule has 1 aromatic heterocycles. The highest BCUT2D eigenvalue weighted by molar-refractivity contribution is 9.10. The maximum atomic E-state index is 13.3. The van der Waals surface area contributed by atoms with Crippen molar-refractivity contribution in [2.45, 2.75) is 6.42 Å². The normalized spacial score (nSPS) is 10.8. The summed E-state index contributed by atoms with van der Waals surface area (Å²) in [5.74, 6) is -0.586. The molecule has 4 heteroatoms. The minimum Gasteiger partial charge on any atom is -0.294 e.